The average Bonchev–Trinajstić information content (AvgIpc) is 2.72. The molecule has 7 heteroatoms. The zero-order valence-electron chi connectivity index (χ0n) is 20.7. The second-order valence-corrected chi connectivity index (χ2v) is 12.5. The van der Waals surface area contributed by atoms with Crippen LogP contribution in [0.1, 0.15) is 91.4 Å². The van der Waals surface area contributed by atoms with Gasteiger partial charge < -0.3 is 19.9 Å². The molecular formula is C26H41NO6. The van der Waals surface area contributed by atoms with Gasteiger partial charge in [0, 0.05) is 0 Å². The Morgan fingerprint density at radius 2 is 1.58 bits per heavy atom. The number of aliphatic hydroxyl groups is 1. The number of amides is 1. The van der Waals surface area contributed by atoms with Crippen LogP contribution in [0.25, 0.3) is 0 Å². The lowest BCUT2D eigenvalue weighted by atomic mass is 9.44. The third-order valence-corrected chi connectivity index (χ3v) is 8.54. The van der Waals surface area contributed by atoms with Gasteiger partial charge in [0.15, 0.2) is 0 Å². The summed E-state index contributed by atoms with van der Waals surface area (Å²) in [6, 6.07) is -0.709. The highest BCUT2D eigenvalue weighted by Crippen LogP contribution is 2.65. The molecule has 1 amide bonds. The van der Waals surface area contributed by atoms with E-state index >= 15 is 0 Å². The van der Waals surface area contributed by atoms with Gasteiger partial charge in [-0.2, -0.15) is 0 Å². The molecule has 0 radical (unpaired) electrons. The first-order valence-corrected chi connectivity index (χ1v) is 12.7. The Morgan fingerprint density at radius 3 is 2.12 bits per heavy atom. The topological polar surface area (TPSA) is 102 Å². The zero-order chi connectivity index (χ0) is 24.0. The third kappa shape index (κ3) is 5.08. The maximum absolute atomic E-state index is 13.8. The average molecular weight is 464 g/mol. The number of hydrogen-bond acceptors (Lipinski definition) is 6. The molecule has 3 atom stereocenters. The molecule has 0 spiro atoms. The standard InChI is InChI=1S/C26H41NO6/c1-24(2,3)33-21(29)20(10-16-5-7-19(28)8-6-16)27-22(30)25-11-17-9-18(12-25)14-26(13-17,15-25)23(31)32-4/h16-20,28H,5-15H2,1-4H3,(H,27,30)/t16?,17?,18?,19?,20-,25?,26?/m0/s1. The summed E-state index contributed by atoms with van der Waals surface area (Å²) in [6.07, 6.45) is 8.19. The van der Waals surface area contributed by atoms with Gasteiger partial charge in [-0.25, -0.2) is 4.79 Å². The van der Waals surface area contributed by atoms with Gasteiger partial charge in [0.25, 0.3) is 0 Å². The molecule has 186 valence electrons. The molecule has 0 saturated heterocycles. The van der Waals surface area contributed by atoms with Gasteiger partial charge in [-0.1, -0.05) is 0 Å². The Bertz CT molecular complexity index is 764. The van der Waals surface area contributed by atoms with E-state index in [0.29, 0.717) is 24.7 Å². The number of ether oxygens (including phenoxy) is 2. The van der Waals surface area contributed by atoms with Gasteiger partial charge in [-0.3, -0.25) is 9.59 Å². The number of rotatable bonds is 6. The van der Waals surface area contributed by atoms with E-state index in [4.69, 9.17) is 9.47 Å². The Kier molecular flexibility index (Phi) is 6.58. The molecule has 2 N–H and O–H groups in total. The van der Waals surface area contributed by atoms with E-state index in [1.807, 2.05) is 20.8 Å². The smallest absolute Gasteiger partial charge is 0.329 e. The van der Waals surface area contributed by atoms with Crippen molar-refractivity contribution in [2.45, 2.75) is 109 Å². The van der Waals surface area contributed by atoms with Crippen LogP contribution in [-0.4, -0.2) is 47.8 Å². The van der Waals surface area contributed by atoms with Gasteiger partial charge in [0.2, 0.25) is 5.91 Å². The summed E-state index contributed by atoms with van der Waals surface area (Å²) in [5.74, 6) is 0.306. The quantitative estimate of drug-likeness (QED) is 0.585. The van der Waals surface area contributed by atoms with Crippen LogP contribution in [0.2, 0.25) is 0 Å². The van der Waals surface area contributed by atoms with E-state index in [9.17, 15) is 19.5 Å². The highest BCUT2D eigenvalue weighted by molar-refractivity contribution is 5.90. The SMILES string of the molecule is COC(=O)C12CC3CC(CC(C(=O)N[C@@H](CC4CCC(O)CC4)C(=O)OC(C)(C)C)(C3)C1)C2. The van der Waals surface area contributed by atoms with Gasteiger partial charge in [0.05, 0.1) is 24.0 Å². The number of esters is 2. The largest absolute Gasteiger partial charge is 0.469 e. The second kappa shape index (κ2) is 8.86. The molecule has 0 heterocycles. The van der Waals surface area contributed by atoms with Gasteiger partial charge in [-0.15, -0.1) is 0 Å². The lowest BCUT2D eigenvalue weighted by Crippen LogP contribution is -2.61. The van der Waals surface area contributed by atoms with E-state index in [-0.39, 0.29) is 23.9 Å². The third-order valence-electron chi connectivity index (χ3n) is 8.54. The van der Waals surface area contributed by atoms with Crippen LogP contribution in [0.15, 0.2) is 0 Å². The minimum absolute atomic E-state index is 0.100. The summed E-state index contributed by atoms with van der Waals surface area (Å²) in [5, 5.41) is 13.0. The van der Waals surface area contributed by atoms with Crippen LogP contribution < -0.4 is 5.32 Å². The monoisotopic (exact) mass is 463 g/mol. The number of methoxy groups -OCH3 is 1. The van der Waals surface area contributed by atoms with Crippen molar-refractivity contribution >= 4 is 17.8 Å². The molecule has 5 rings (SSSR count). The lowest BCUT2D eigenvalue weighted by Gasteiger charge is -2.59. The van der Waals surface area contributed by atoms with Gasteiger partial charge >= 0.3 is 11.9 Å². The predicted molar refractivity (Wildman–Crippen MR) is 122 cm³/mol. The van der Waals surface area contributed by atoms with Crippen LogP contribution >= 0.6 is 0 Å². The zero-order valence-corrected chi connectivity index (χ0v) is 20.7. The van der Waals surface area contributed by atoms with Crippen molar-refractivity contribution in [3.8, 4) is 0 Å². The minimum atomic E-state index is -0.709. The Hall–Kier alpha value is -1.63. The summed E-state index contributed by atoms with van der Waals surface area (Å²) < 4.78 is 10.9. The maximum atomic E-state index is 13.8. The number of nitrogens with one attached hydrogen (secondary N) is 1. The molecule has 0 aromatic rings. The van der Waals surface area contributed by atoms with Crippen molar-refractivity contribution in [1.82, 2.24) is 5.32 Å². The van der Waals surface area contributed by atoms with Crippen LogP contribution in [0.3, 0.4) is 0 Å². The first-order chi connectivity index (χ1) is 15.4. The normalized spacial score (nSPS) is 38.5. The van der Waals surface area contributed by atoms with Crippen molar-refractivity contribution in [1.29, 1.82) is 0 Å². The number of carbonyl (C=O) groups excluding carboxylic acids is 3. The van der Waals surface area contributed by atoms with E-state index in [1.54, 1.807) is 0 Å². The van der Waals surface area contributed by atoms with Crippen molar-refractivity contribution in [2.75, 3.05) is 7.11 Å². The molecule has 4 bridgehead atoms. The number of carbonyl (C=O) groups is 3. The van der Waals surface area contributed by atoms with E-state index in [1.165, 1.54) is 7.11 Å². The van der Waals surface area contributed by atoms with Crippen LogP contribution in [0.5, 0.6) is 0 Å². The first-order valence-electron chi connectivity index (χ1n) is 12.7. The first kappa shape index (κ1) is 24.5. The molecule has 7 nitrogen and oxygen atoms in total. The molecule has 5 aliphatic rings. The molecule has 5 aliphatic carbocycles. The molecule has 2 unspecified atom stereocenters. The van der Waals surface area contributed by atoms with Crippen LogP contribution in [0, 0.1) is 28.6 Å². The minimum Gasteiger partial charge on any atom is -0.469 e. The summed E-state index contributed by atoms with van der Waals surface area (Å²) >= 11 is 0. The van der Waals surface area contributed by atoms with Crippen molar-refractivity contribution in [3.05, 3.63) is 0 Å². The van der Waals surface area contributed by atoms with Gasteiger partial charge in [0.1, 0.15) is 11.6 Å². The van der Waals surface area contributed by atoms with Crippen LogP contribution in [-0.2, 0) is 23.9 Å². The Labute approximate surface area is 197 Å². The molecular weight excluding hydrogens is 422 g/mol. The summed E-state index contributed by atoms with van der Waals surface area (Å²) in [6.45, 7) is 5.50. The Balaban J connectivity index is 1.52. The highest BCUT2D eigenvalue weighted by atomic mass is 16.6. The molecule has 5 saturated carbocycles. The number of aliphatic hydroxyl groups excluding tert-OH is 1. The van der Waals surface area contributed by atoms with Crippen molar-refractivity contribution < 1.29 is 29.0 Å². The van der Waals surface area contributed by atoms with E-state index in [2.05, 4.69) is 5.32 Å². The van der Waals surface area contributed by atoms with Gasteiger partial charge in [-0.05, 0) is 109 Å². The van der Waals surface area contributed by atoms with E-state index < -0.39 is 28.4 Å². The second-order valence-electron chi connectivity index (χ2n) is 12.5. The molecule has 0 aromatic heterocycles. The fourth-order valence-electron chi connectivity index (χ4n) is 7.60. The van der Waals surface area contributed by atoms with Crippen molar-refractivity contribution in [2.24, 2.45) is 28.6 Å². The Morgan fingerprint density at radius 1 is 1.00 bits per heavy atom. The highest BCUT2D eigenvalue weighted by Gasteiger charge is 2.63. The fraction of sp³-hybridized carbons (Fsp3) is 0.885. The van der Waals surface area contributed by atoms with Crippen LogP contribution in [0.4, 0.5) is 0 Å². The maximum Gasteiger partial charge on any atom is 0.329 e. The van der Waals surface area contributed by atoms with Crippen molar-refractivity contribution in [3.63, 3.8) is 0 Å². The summed E-state index contributed by atoms with van der Waals surface area (Å²) in [7, 11) is 1.44. The fourth-order valence-corrected chi connectivity index (χ4v) is 7.60. The predicted octanol–water partition coefficient (Wildman–Crippen LogP) is 3.51. The molecule has 5 fully saturated rings. The summed E-state index contributed by atoms with van der Waals surface area (Å²) in [5.41, 5.74) is -1.81. The molecule has 33 heavy (non-hydrogen) atoms. The van der Waals surface area contributed by atoms with E-state index in [0.717, 1.165) is 57.8 Å². The number of hydrogen-bond donors (Lipinski definition) is 2. The molecule has 0 aliphatic heterocycles. The molecule has 0 aromatic carbocycles. The lowest BCUT2D eigenvalue weighted by molar-refractivity contribution is -0.183. The summed E-state index contributed by atoms with van der Waals surface area (Å²) in [4.78, 5) is 39.7.